The Kier molecular flexibility index (Phi) is 5.52. The van der Waals surface area contributed by atoms with Crippen LogP contribution in [0.5, 0.6) is 0 Å². The number of nitro groups is 1. The number of nitrogens with zero attached hydrogens (tertiary/aromatic N) is 5. The van der Waals surface area contributed by atoms with Crippen LogP contribution >= 0.6 is 28.3 Å². The van der Waals surface area contributed by atoms with Gasteiger partial charge in [0.25, 0.3) is 5.69 Å². The number of benzene rings is 2. The van der Waals surface area contributed by atoms with E-state index in [1.54, 1.807) is 6.07 Å². The summed E-state index contributed by atoms with van der Waals surface area (Å²) in [6, 6.07) is 14.1. The molecule has 10 heteroatoms. The molecule has 0 saturated heterocycles. The van der Waals surface area contributed by atoms with E-state index in [9.17, 15) is 10.1 Å². The minimum absolute atomic E-state index is 0. The van der Waals surface area contributed by atoms with Gasteiger partial charge < -0.3 is 10.3 Å². The van der Waals surface area contributed by atoms with Crippen molar-refractivity contribution in [2.24, 2.45) is 28.0 Å². The van der Waals surface area contributed by atoms with Crippen LogP contribution < -0.4 is 10.5 Å². The zero-order valence-electron chi connectivity index (χ0n) is 14.6. The standard InChI is InChI=1S/C18H14N6O2S.BrH/c1-23-15(11-5-4-6-12(9-11)24(25)26)10-27-18(23)22-21-17-14-8-3-2-7-13(14)16(19)20-17;/h2-10H,1H3,(H2,19,20,21);1H/b22-18-;. The molecule has 0 unspecified atom stereocenters. The van der Waals surface area contributed by atoms with Crippen LogP contribution in [0.2, 0.25) is 0 Å². The van der Waals surface area contributed by atoms with Gasteiger partial charge in [0.2, 0.25) is 4.80 Å². The highest BCUT2D eigenvalue weighted by Gasteiger charge is 2.18. The molecule has 8 nitrogen and oxygen atoms in total. The number of aromatic nitrogens is 1. The van der Waals surface area contributed by atoms with Crippen LogP contribution in [0.15, 0.2) is 69.1 Å². The molecule has 0 bridgehead atoms. The number of aliphatic imine (C=N–C) groups is 1. The lowest BCUT2D eigenvalue weighted by Gasteiger charge is -2.02. The van der Waals surface area contributed by atoms with E-state index in [2.05, 4.69) is 15.2 Å². The van der Waals surface area contributed by atoms with Crippen LogP contribution in [0.3, 0.4) is 0 Å². The van der Waals surface area contributed by atoms with Gasteiger partial charge in [0.15, 0.2) is 5.84 Å². The second-order valence-electron chi connectivity index (χ2n) is 5.84. The average molecular weight is 459 g/mol. The first-order chi connectivity index (χ1) is 13.0. The van der Waals surface area contributed by atoms with Crippen molar-refractivity contribution in [3.05, 3.63) is 80.0 Å². The van der Waals surface area contributed by atoms with E-state index in [-0.39, 0.29) is 22.7 Å². The normalized spacial score (nSPS) is 14.5. The molecule has 2 heterocycles. The van der Waals surface area contributed by atoms with E-state index in [0.29, 0.717) is 16.5 Å². The van der Waals surface area contributed by atoms with Crippen molar-refractivity contribution in [3.8, 4) is 11.3 Å². The van der Waals surface area contributed by atoms with Gasteiger partial charge in [0, 0.05) is 41.3 Å². The molecule has 2 N–H and O–H groups in total. The van der Waals surface area contributed by atoms with Gasteiger partial charge in [-0.2, -0.15) is 0 Å². The third-order valence-corrected chi connectivity index (χ3v) is 5.08. The lowest BCUT2D eigenvalue weighted by atomic mass is 10.1. The Hall–Kier alpha value is -3.11. The molecule has 0 fully saturated rings. The highest BCUT2D eigenvalue weighted by Crippen LogP contribution is 2.24. The second kappa shape index (κ2) is 7.87. The third-order valence-electron chi connectivity index (χ3n) is 4.18. The van der Waals surface area contributed by atoms with Crippen molar-refractivity contribution in [2.75, 3.05) is 0 Å². The molecule has 142 valence electrons. The molecule has 4 rings (SSSR count). The monoisotopic (exact) mass is 458 g/mol. The van der Waals surface area contributed by atoms with Gasteiger partial charge in [-0.05, 0) is 0 Å². The predicted molar refractivity (Wildman–Crippen MR) is 115 cm³/mol. The van der Waals surface area contributed by atoms with Crippen LogP contribution in [0.1, 0.15) is 11.1 Å². The van der Waals surface area contributed by atoms with E-state index < -0.39 is 4.92 Å². The number of amidine groups is 2. The smallest absolute Gasteiger partial charge is 0.270 e. The fourth-order valence-corrected chi connectivity index (χ4v) is 3.66. The maximum Gasteiger partial charge on any atom is 0.270 e. The fourth-order valence-electron chi connectivity index (χ4n) is 2.80. The second-order valence-corrected chi connectivity index (χ2v) is 6.67. The van der Waals surface area contributed by atoms with Crippen molar-refractivity contribution in [1.82, 2.24) is 4.57 Å². The molecule has 0 saturated carbocycles. The number of non-ortho nitro benzene ring substituents is 1. The van der Waals surface area contributed by atoms with Gasteiger partial charge in [-0.3, -0.25) is 10.1 Å². The fraction of sp³-hybridized carbons (Fsp3) is 0.0556. The highest BCUT2D eigenvalue weighted by atomic mass is 79.9. The number of rotatable bonds is 3. The summed E-state index contributed by atoms with van der Waals surface area (Å²) in [5.74, 6) is 0.890. The van der Waals surface area contributed by atoms with E-state index in [1.165, 1.54) is 23.5 Å². The zero-order valence-corrected chi connectivity index (χ0v) is 17.2. The number of hydrogen-bond donors (Lipinski definition) is 1. The topological polar surface area (TPSA) is 111 Å². The summed E-state index contributed by atoms with van der Waals surface area (Å²) in [6.45, 7) is 0. The van der Waals surface area contributed by atoms with Crippen LogP contribution in [0.25, 0.3) is 11.3 Å². The first kappa shape index (κ1) is 19.6. The summed E-state index contributed by atoms with van der Waals surface area (Å²) in [5, 5.41) is 21.4. The Morgan fingerprint density at radius 1 is 1.14 bits per heavy atom. The number of fused-ring (bicyclic) bond motifs is 1. The van der Waals surface area contributed by atoms with Crippen LogP contribution in [-0.4, -0.2) is 21.2 Å². The maximum absolute atomic E-state index is 11.0. The van der Waals surface area contributed by atoms with E-state index in [0.717, 1.165) is 22.4 Å². The number of hydrogen-bond acceptors (Lipinski definition) is 6. The van der Waals surface area contributed by atoms with E-state index in [1.807, 2.05) is 47.3 Å². The first-order valence-corrected chi connectivity index (χ1v) is 8.87. The quantitative estimate of drug-likeness (QED) is 0.480. The van der Waals surface area contributed by atoms with Crippen molar-refractivity contribution in [3.63, 3.8) is 0 Å². The summed E-state index contributed by atoms with van der Waals surface area (Å²) in [6.07, 6.45) is 0. The third kappa shape index (κ3) is 3.51. The summed E-state index contributed by atoms with van der Waals surface area (Å²) in [5.41, 5.74) is 9.22. The molecule has 0 radical (unpaired) electrons. The Bertz CT molecular complexity index is 1190. The van der Waals surface area contributed by atoms with E-state index in [4.69, 9.17) is 5.73 Å². The Morgan fingerprint density at radius 2 is 1.89 bits per heavy atom. The van der Waals surface area contributed by atoms with Crippen LogP contribution in [0.4, 0.5) is 5.69 Å². The van der Waals surface area contributed by atoms with Gasteiger partial charge in [0.1, 0.15) is 5.84 Å². The molecular weight excluding hydrogens is 444 g/mol. The summed E-state index contributed by atoms with van der Waals surface area (Å²) in [4.78, 5) is 15.5. The largest absolute Gasteiger partial charge is 0.383 e. The SMILES string of the molecule is Br.Cn1c(-c2cccc([N+](=O)[O-])c2)cs/c1=N\N=C1/N=C(N)c2ccccc21. The number of nitrogens with two attached hydrogens (primary N) is 1. The molecule has 28 heavy (non-hydrogen) atoms. The zero-order chi connectivity index (χ0) is 19.0. The Balaban J connectivity index is 0.00000225. The lowest BCUT2D eigenvalue weighted by molar-refractivity contribution is -0.384. The predicted octanol–water partition coefficient (Wildman–Crippen LogP) is 3.22. The Morgan fingerprint density at radius 3 is 2.64 bits per heavy atom. The van der Waals surface area contributed by atoms with Crippen molar-refractivity contribution in [1.29, 1.82) is 0 Å². The first-order valence-electron chi connectivity index (χ1n) is 7.99. The molecule has 1 aromatic heterocycles. The number of nitro benzene ring substituents is 1. The minimum atomic E-state index is -0.410. The molecule has 3 aromatic rings. The van der Waals surface area contributed by atoms with Crippen molar-refractivity contribution in [2.45, 2.75) is 0 Å². The highest BCUT2D eigenvalue weighted by molar-refractivity contribution is 8.93. The van der Waals surface area contributed by atoms with Gasteiger partial charge in [-0.25, -0.2) is 4.99 Å². The summed E-state index contributed by atoms with van der Waals surface area (Å²) < 4.78 is 1.84. The summed E-state index contributed by atoms with van der Waals surface area (Å²) in [7, 11) is 1.84. The molecule has 2 aromatic carbocycles. The number of halogens is 1. The molecule has 0 amide bonds. The summed E-state index contributed by atoms with van der Waals surface area (Å²) >= 11 is 1.39. The molecule has 1 aliphatic heterocycles. The van der Waals surface area contributed by atoms with Crippen molar-refractivity contribution < 1.29 is 4.92 Å². The van der Waals surface area contributed by atoms with Gasteiger partial charge in [-0.15, -0.1) is 38.5 Å². The number of thiazole rings is 1. The maximum atomic E-state index is 11.0. The molecule has 0 aliphatic carbocycles. The van der Waals surface area contributed by atoms with Gasteiger partial charge in [0.05, 0.1) is 10.6 Å². The van der Waals surface area contributed by atoms with Gasteiger partial charge in [-0.1, -0.05) is 36.4 Å². The van der Waals surface area contributed by atoms with E-state index >= 15 is 0 Å². The molecule has 1 aliphatic rings. The lowest BCUT2D eigenvalue weighted by Crippen LogP contribution is -2.11. The molecule has 0 spiro atoms. The van der Waals surface area contributed by atoms with Crippen LogP contribution in [0, 0.1) is 10.1 Å². The average Bonchev–Trinajstić information content (AvgIpc) is 3.20. The minimum Gasteiger partial charge on any atom is -0.383 e. The molecule has 0 atom stereocenters. The van der Waals surface area contributed by atoms with Crippen LogP contribution in [-0.2, 0) is 7.05 Å². The molecular formula is C18H15BrN6O2S. The van der Waals surface area contributed by atoms with Crippen molar-refractivity contribution >= 4 is 45.7 Å². The van der Waals surface area contributed by atoms with Gasteiger partial charge >= 0.3 is 0 Å². The Labute approximate surface area is 174 Å².